The maximum absolute atomic E-state index is 11.8. The normalized spacial score (nSPS) is 13.9. The zero-order chi connectivity index (χ0) is 14.0. The Balaban J connectivity index is 2.31. The summed E-state index contributed by atoms with van der Waals surface area (Å²) in [5, 5.41) is 4.19. The third-order valence-electron chi connectivity index (χ3n) is 3.14. The summed E-state index contributed by atoms with van der Waals surface area (Å²) in [5.41, 5.74) is 1.99. The Morgan fingerprint density at radius 1 is 1.42 bits per heavy atom. The molecule has 0 saturated carbocycles. The highest BCUT2D eigenvalue weighted by molar-refractivity contribution is 5.89. The molecule has 2 heterocycles. The Morgan fingerprint density at radius 3 is 2.79 bits per heavy atom. The molecule has 0 aliphatic carbocycles. The van der Waals surface area contributed by atoms with Gasteiger partial charge in [0.25, 0.3) is 0 Å². The van der Waals surface area contributed by atoms with Gasteiger partial charge in [-0.1, -0.05) is 0 Å². The fraction of sp³-hybridized carbons (Fsp3) is 0.583. The monoisotopic (exact) mass is 267 g/mol. The molecule has 0 spiro atoms. The Morgan fingerprint density at radius 2 is 2.16 bits per heavy atom. The topological polar surface area (TPSA) is 73.7 Å². The first-order chi connectivity index (χ1) is 9.08. The molecular formula is C12H17N3O4. The number of rotatable bonds is 2. The number of aromatic nitrogens is 2. The van der Waals surface area contributed by atoms with E-state index in [1.807, 2.05) is 0 Å². The van der Waals surface area contributed by atoms with Gasteiger partial charge in [0.05, 0.1) is 20.3 Å². The number of amides is 1. The molecule has 1 aliphatic heterocycles. The van der Waals surface area contributed by atoms with Crippen molar-refractivity contribution < 1.29 is 19.1 Å². The van der Waals surface area contributed by atoms with Gasteiger partial charge in [0.1, 0.15) is 0 Å². The van der Waals surface area contributed by atoms with Crippen LogP contribution in [0.3, 0.4) is 0 Å². The zero-order valence-corrected chi connectivity index (χ0v) is 11.3. The lowest BCUT2D eigenvalue weighted by Gasteiger charge is -2.26. The van der Waals surface area contributed by atoms with Crippen LogP contribution in [0.15, 0.2) is 0 Å². The van der Waals surface area contributed by atoms with Crippen LogP contribution in [0.4, 0.5) is 4.79 Å². The minimum Gasteiger partial charge on any atom is -0.461 e. The molecule has 1 aromatic rings. The predicted octanol–water partition coefficient (Wildman–Crippen LogP) is 0.721. The molecule has 0 fully saturated rings. The van der Waals surface area contributed by atoms with E-state index in [0.29, 0.717) is 26.1 Å². The number of methoxy groups -OCH3 is 1. The number of hydrogen-bond donors (Lipinski definition) is 0. The van der Waals surface area contributed by atoms with E-state index in [9.17, 15) is 9.59 Å². The van der Waals surface area contributed by atoms with E-state index in [0.717, 1.165) is 11.3 Å². The van der Waals surface area contributed by atoms with Crippen molar-refractivity contribution in [1.29, 1.82) is 0 Å². The van der Waals surface area contributed by atoms with Gasteiger partial charge in [0.15, 0.2) is 5.69 Å². The van der Waals surface area contributed by atoms with Gasteiger partial charge < -0.3 is 14.4 Å². The van der Waals surface area contributed by atoms with Crippen molar-refractivity contribution in [2.75, 3.05) is 20.3 Å². The van der Waals surface area contributed by atoms with Gasteiger partial charge in [-0.2, -0.15) is 5.10 Å². The van der Waals surface area contributed by atoms with Crippen molar-refractivity contribution >= 4 is 12.1 Å². The molecule has 7 nitrogen and oxygen atoms in total. The molecule has 0 saturated heterocycles. The first kappa shape index (κ1) is 13.4. The fourth-order valence-electron chi connectivity index (χ4n) is 2.24. The Bertz CT molecular complexity index is 509. The molecule has 2 rings (SSSR count). The molecule has 0 unspecified atom stereocenters. The van der Waals surface area contributed by atoms with E-state index in [-0.39, 0.29) is 5.69 Å². The van der Waals surface area contributed by atoms with E-state index < -0.39 is 12.1 Å². The smallest absolute Gasteiger partial charge is 0.409 e. The molecule has 1 aliphatic rings. The van der Waals surface area contributed by atoms with Crippen LogP contribution in [0, 0.1) is 0 Å². The first-order valence-electron chi connectivity index (χ1n) is 6.13. The van der Waals surface area contributed by atoms with Crippen LogP contribution in [0.5, 0.6) is 0 Å². The van der Waals surface area contributed by atoms with Crippen LogP contribution < -0.4 is 0 Å². The number of nitrogens with zero attached hydrogens (tertiary/aromatic N) is 3. The quantitative estimate of drug-likeness (QED) is 0.738. The molecule has 0 bridgehead atoms. The van der Waals surface area contributed by atoms with E-state index in [1.165, 1.54) is 7.11 Å². The molecule has 0 atom stereocenters. The van der Waals surface area contributed by atoms with Gasteiger partial charge in [-0.05, 0) is 6.92 Å². The molecule has 0 aromatic carbocycles. The van der Waals surface area contributed by atoms with Crippen LogP contribution >= 0.6 is 0 Å². The second-order valence-corrected chi connectivity index (χ2v) is 4.26. The summed E-state index contributed by atoms with van der Waals surface area (Å²) in [5.74, 6) is -0.453. The lowest BCUT2D eigenvalue weighted by atomic mass is 10.1. The number of esters is 1. The third-order valence-corrected chi connectivity index (χ3v) is 3.14. The molecule has 0 N–H and O–H groups in total. The summed E-state index contributed by atoms with van der Waals surface area (Å²) in [6.07, 6.45) is 0.247. The van der Waals surface area contributed by atoms with E-state index in [2.05, 4.69) is 5.10 Å². The summed E-state index contributed by atoms with van der Waals surface area (Å²) in [6.45, 7) is 2.92. The Kier molecular flexibility index (Phi) is 3.73. The summed E-state index contributed by atoms with van der Waals surface area (Å²) >= 11 is 0. The number of aryl methyl sites for hydroxylation is 1. The highest BCUT2D eigenvalue weighted by atomic mass is 16.5. The van der Waals surface area contributed by atoms with Crippen LogP contribution in [-0.4, -0.2) is 47.0 Å². The zero-order valence-electron chi connectivity index (χ0n) is 11.3. The summed E-state index contributed by atoms with van der Waals surface area (Å²) < 4.78 is 11.4. The fourth-order valence-corrected chi connectivity index (χ4v) is 2.24. The molecule has 7 heteroatoms. The van der Waals surface area contributed by atoms with Crippen molar-refractivity contribution in [1.82, 2.24) is 14.7 Å². The van der Waals surface area contributed by atoms with Gasteiger partial charge in [-0.3, -0.25) is 4.68 Å². The van der Waals surface area contributed by atoms with Crippen molar-refractivity contribution in [3.8, 4) is 0 Å². The highest BCUT2D eigenvalue weighted by Crippen LogP contribution is 2.23. The summed E-state index contributed by atoms with van der Waals surface area (Å²) in [6, 6.07) is 0. The lowest BCUT2D eigenvalue weighted by Crippen LogP contribution is -2.36. The SMILES string of the molecule is CCOC(=O)c1nn(C)c2c1CN(C(=O)OC)CC2. The number of fused-ring (bicyclic) bond motifs is 1. The number of hydrogen-bond acceptors (Lipinski definition) is 5. The van der Waals surface area contributed by atoms with Gasteiger partial charge in [0.2, 0.25) is 0 Å². The average molecular weight is 267 g/mol. The molecule has 0 radical (unpaired) electrons. The molecular weight excluding hydrogens is 250 g/mol. The Hall–Kier alpha value is -2.05. The van der Waals surface area contributed by atoms with Gasteiger partial charge in [-0.25, -0.2) is 9.59 Å². The van der Waals surface area contributed by atoms with Crippen LogP contribution in [-0.2, 0) is 29.5 Å². The number of carbonyl (C=O) groups excluding carboxylic acids is 2. The second-order valence-electron chi connectivity index (χ2n) is 4.26. The minimum atomic E-state index is -0.453. The molecule has 1 amide bonds. The predicted molar refractivity (Wildman–Crippen MR) is 65.7 cm³/mol. The minimum absolute atomic E-state index is 0.285. The van der Waals surface area contributed by atoms with Crippen LogP contribution in [0.2, 0.25) is 0 Å². The molecule has 1 aromatic heterocycles. The molecule has 104 valence electrons. The summed E-state index contributed by atoms with van der Waals surface area (Å²) in [4.78, 5) is 24.9. The Labute approximate surface area is 111 Å². The number of ether oxygens (including phenoxy) is 2. The van der Waals surface area contributed by atoms with Crippen LogP contribution in [0.25, 0.3) is 0 Å². The van der Waals surface area contributed by atoms with E-state index in [4.69, 9.17) is 9.47 Å². The average Bonchev–Trinajstić information content (AvgIpc) is 2.75. The van der Waals surface area contributed by atoms with Gasteiger partial charge in [-0.15, -0.1) is 0 Å². The largest absolute Gasteiger partial charge is 0.461 e. The van der Waals surface area contributed by atoms with Gasteiger partial charge in [0, 0.05) is 31.3 Å². The highest BCUT2D eigenvalue weighted by Gasteiger charge is 2.30. The van der Waals surface area contributed by atoms with E-state index >= 15 is 0 Å². The number of carbonyl (C=O) groups is 2. The lowest BCUT2D eigenvalue weighted by molar-refractivity contribution is 0.0515. The van der Waals surface area contributed by atoms with Crippen molar-refractivity contribution in [3.63, 3.8) is 0 Å². The maximum atomic E-state index is 11.8. The van der Waals surface area contributed by atoms with Crippen LogP contribution in [0.1, 0.15) is 28.7 Å². The van der Waals surface area contributed by atoms with Crippen molar-refractivity contribution in [3.05, 3.63) is 17.0 Å². The standard InChI is InChI=1S/C12H17N3O4/c1-4-19-11(16)10-8-7-15(12(17)18-3)6-5-9(8)14(2)13-10/h4-7H2,1-3H3. The summed E-state index contributed by atoms with van der Waals surface area (Å²) in [7, 11) is 3.13. The van der Waals surface area contributed by atoms with E-state index in [1.54, 1.807) is 23.6 Å². The maximum Gasteiger partial charge on any atom is 0.409 e. The van der Waals surface area contributed by atoms with Crippen molar-refractivity contribution in [2.45, 2.75) is 19.9 Å². The first-order valence-corrected chi connectivity index (χ1v) is 6.13. The molecule has 19 heavy (non-hydrogen) atoms. The third kappa shape index (κ3) is 2.40. The van der Waals surface area contributed by atoms with Crippen molar-refractivity contribution in [2.24, 2.45) is 7.05 Å². The second kappa shape index (κ2) is 5.29. The van der Waals surface area contributed by atoms with Gasteiger partial charge >= 0.3 is 12.1 Å².